The molecule has 0 radical (unpaired) electrons. The molecule has 6 nitrogen and oxygen atoms in total. The molecule has 164 valence electrons. The van der Waals surface area contributed by atoms with E-state index in [9.17, 15) is 9.59 Å². The maximum atomic E-state index is 13.3. The van der Waals surface area contributed by atoms with Gasteiger partial charge >= 0.3 is 0 Å². The van der Waals surface area contributed by atoms with Crippen molar-refractivity contribution in [2.45, 2.75) is 32.7 Å². The summed E-state index contributed by atoms with van der Waals surface area (Å²) in [6, 6.07) is 14.7. The SMILES string of the molecule is COc1ccc(/C=C2\CC(C)Cc3c2nc2ccccc2c3C(=O)NC(C)C(N)=O)cc1. The lowest BCUT2D eigenvalue weighted by Crippen LogP contribution is -2.42. The Hall–Kier alpha value is -3.67. The number of hydrogen-bond donors (Lipinski definition) is 2. The highest BCUT2D eigenvalue weighted by molar-refractivity contribution is 6.10. The molecule has 2 amide bonds. The molecule has 0 spiro atoms. The van der Waals surface area contributed by atoms with E-state index in [2.05, 4.69) is 18.3 Å². The molecule has 3 aromatic rings. The van der Waals surface area contributed by atoms with Crippen LogP contribution in [0.25, 0.3) is 22.6 Å². The number of nitrogens with two attached hydrogens (primary N) is 1. The Morgan fingerprint density at radius 1 is 1.16 bits per heavy atom. The van der Waals surface area contributed by atoms with Crippen LogP contribution in [0.5, 0.6) is 5.75 Å². The molecule has 0 saturated carbocycles. The minimum absolute atomic E-state index is 0.302. The van der Waals surface area contributed by atoms with Gasteiger partial charge in [-0.15, -0.1) is 0 Å². The smallest absolute Gasteiger partial charge is 0.252 e. The molecule has 6 heteroatoms. The summed E-state index contributed by atoms with van der Waals surface area (Å²) in [5, 5.41) is 3.53. The molecule has 3 N–H and O–H groups in total. The lowest BCUT2D eigenvalue weighted by Gasteiger charge is -2.27. The Balaban J connectivity index is 1.88. The zero-order valence-electron chi connectivity index (χ0n) is 18.5. The van der Waals surface area contributed by atoms with Crippen molar-refractivity contribution in [3.05, 3.63) is 70.9 Å². The number of hydrogen-bond acceptors (Lipinski definition) is 4. The third-order valence-corrected chi connectivity index (χ3v) is 5.88. The molecule has 1 heterocycles. The topological polar surface area (TPSA) is 94.3 Å². The van der Waals surface area contributed by atoms with E-state index >= 15 is 0 Å². The molecule has 32 heavy (non-hydrogen) atoms. The number of rotatable bonds is 5. The standard InChI is InChI=1S/C26H27N3O3/c1-15-12-18(14-17-8-10-19(32-3)11-9-17)24-21(13-15)23(26(31)28-16(2)25(27)30)20-6-4-5-7-22(20)29-24/h4-11,14-16H,12-13H2,1-3H3,(H2,27,30)(H,28,31)/b18-14+. The van der Waals surface area contributed by atoms with Gasteiger partial charge in [0, 0.05) is 5.39 Å². The van der Waals surface area contributed by atoms with Gasteiger partial charge in [-0.25, -0.2) is 4.98 Å². The fourth-order valence-corrected chi connectivity index (χ4v) is 4.24. The van der Waals surface area contributed by atoms with Gasteiger partial charge in [-0.3, -0.25) is 9.59 Å². The number of allylic oxidation sites excluding steroid dienone is 1. The highest BCUT2D eigenvalue weighted by Crippen LogP contribution is 2.38. The number of primary amides is 1. The largest absolute Gasteiger partial charge is 0.497 e. The number of pyridine rings is 1. The molecular formula is C26H27N3O3. The first-order valence-corrected chi connectivity index (χ1v) is 10.7. The van der Waals surface area contributed by atoms with Crippen LogP contribution in [0.4, 0.5) is 0 Å². The second-order valence-electron chi connectivity index (χ2n) is 8.38. The summed E-state index contributed by atoms with van der Waals surface area (Å²) in [5.74, 6) is 0.273. The lowest BCUT2D eigenvalue weighted by atomic mass is 9.80. The summed E-state index contributed by atoms with van der Waals surface area (Å²) in [4.78, 5) is 29.8. The quantitative estimate of drug-likeness (QED) is 0.642. The van der Waals surface area contributed by atoms with Crippen LogP contribution in [0.15, 0.2) is 48.5 Å². The monoisotopic (exact) mass is 429 g/mol. The Morgan fingerprint density at radius 3 is 2.56 bits per heavy atom. The number of benzene rings is 2. The highest BCUT2D eigenvalue weighted by atomic mass is 16.5. The number of fused-ring (bicyclic) bond motifs is 2. The number of aromatic nitrogens is 1. The average molecular weight is 430 g/mol. The number of carbonyl (C=O) groups excluding carboxylic acids is 2. The van der Waals surface area contributed by atoms with Crippen molar-refractivity contribution >= 4 is 34.4 Å². The van der Waals surface area contributed by atoms with Crippen LogP contribution in [0.1, 0.15) is 47.4 Å². The minimum atomic E-state index is -0.764. The van der Waals surface area contributed by atoms with E-state index in [-0.39, 0.29) is 5.91 Å². The van der Waals surface area contributed by atoms with Crippen LogP contribution in [-0.4, -0.2) is 29.9 Å². The maximum Gasteiger partial charge on any atom is 0.252 e. The van der Waals surface area contributed by atoms with Gasteiger partial charge < -0.3 is 15.8 Å². The summed E-state index contributed by atoms with van der Waals surface area (Å²) < 4.78 is 5.26. The Labute approximate surface area is 187 Å². The lowest BCUT2D eigenvalue weighted by molar-refractivity contribution is -0.119. The van der Waals surface area contributed by atoms with E-state index < -0.39 is 11.9 Å². The third-order valence-electron chi connectivity index (χ3n) is 5.88. The third kappa shape index (κ3) is 4.21. The van der Waals surface area contributed by atoms with Crippen molar-refractivity contribution in [1.29, 1.82) is 0 Å². The van der Waals surface area contributed by atoms with Crippen molar-refractivity contribution < 1.29 is 14.3 Å². The molecule has 0 fully saturated rings. The van der Waals surface area contributed by atoms with Gasteiger partial charge in [0.1, 0.15) is 11.8 Å². The summed E-state index contributed by atoms with van der Waals surface area (Å²) in [5.41, 5.74) is 10.6. The van der Waals surface area contributed by atoms with Crippen molar-refractivity contribution in [3.8, 4) is 5.75 Å². The van der Waals surface area contributed by atoms with E-state index in [1.807, 2.05) is 48.5 Å². The predicted molar refractivity (Wildman–Crippen MR) is 126 cm³/mol. The molecule has 2 aromatic carbocycles. The number of carbonyl (C=O) groups is 2. The maximum absolute atomic E-state index is 13.3. The van der Waals surface area contributed by atoms with Crippen LogP contribution in [0.2, 0.25) is 0 Å². The molecular weight excluding hydrogens is 402 g/mol. The average Bonchev–Trinajstić information content (AvgIpc) is 2.78. The van der Waals surface area contributed by atoms with Crippen LogP contribution in [-0.2, 0) is 11.2 Å². The van der Waals surface area contributed by atoms with E-state index in [0.29, 0.717) is 11.5 Å². The van der Waals surface area contributed by atoms with Gasteiger partial charge in [-0.05, 0) is 66.7 Å². The molecule has 2 atom stereocenters. The zero-order valence-corrected chi connectivity index (χ0v) is 18.5. The van der Waals surface area contributed by atoms with Crippen LogP contribution in [0.3, 0.4) is 0 Å². The Kier molecular flexibility index (Phi) is 5.95. The van der Waals surface area contributed by atoms with Crippen molar-refractivity contribution in [3.63, 3.8) is 0 Å². The van der Waals surface area contributed by atoms with Gasteiger partial charge in [-0.1, -0.05) is 37.3 Å². The molecule has 0 aliphatic heterocycles. The Bertz CT molecular complexity index is 1210. The number of nitrogens with zero attached hydrogens (tertiary/aromatic N) is 1. The van der Waals surface area contributed by atoms with Gasteiger partial charge in [0.25, 0.3) is 5.91 Å². The Morgan fingerprint density at radius 2 is 1.88 bits per heavy atom. The highest BCUT2D eigenvalue weighted by Gasteiger charge is 2.29. The van der Waals surface area contributed by atoms with Gasteiger partial charge in [0.05, 0.1) is 23.9 Å². The minimum Gasteiger partial charge on any atom is -0.497 e. The second kappa shape index (κ2) is 8.83. The van der Waals surface area contributed by atoms with E-state index in [1.54, 1.807) is 14.0 Å². The molecule has 4 rings (SSSR count). The first kappa shape index (κ1) is 21.6. The molecule has 1 aromatic heterocycles. The fraction of sp³-hybridized carbons (Fsp3) is 0.269. The summed E-state index contributed by atoms with van der Waals surface area (Å²) in [6.45, 7) is 3.77. The number of methoxy groups -OCH3 is 1. The summed E-state index contributed by atoms with van der Waals surface area (Å²) in [7, 11) is 1.65. The fourth-order valence-electron chi connectivity index (χ4n) is 4.24. The van der Waals surface area contributed by atoms with Crippen LogP contribution in [0, 0.1) is 5.92 Å². The van der Waals surface area contributed by atoms with Crippen LogP contribution < -0.4 is 15.8 Å². The van der Waals surface area contributed by atoms with Gasteiger partial charge in [0.15, 0.2) is 0 Å². The number of ether oxygens (including phenoxy) is 1. The van der Waals surface area contributed by atoms with E-state index in [1.165, 1.54) is 0 Å². The van der Waals surface area contributed by atoms with Gasteiger partial charge in [-0.2, -0.15) is 0 Å². The molecule has 1 aliphatic rings. The first-order chi connectivity index (χ1) is 15.4. The molecule has 0 bridgehead atoms. The van der Waals surface area contributed by atoms with E-state index in [4.69, 9.17) is 15.5 Å². The number of nitrogens with one attached hydrogen (secondary N) is 1. The summed E-state index contributed by atoms with van der Waals surface area (Å²) in [6.07, 6.45) is 3.73. The van der Waals surface area contributed by atoms with E-state index in [0.717, 1.165) is 51.9 Å². The van der Waals surface area contributed by atoms with Crippen molar-refractivity contribution in [2.75, 3.05) is 7.11 Å². The first-order valence-electron chi connectivity index (χ1n) is 10.7. The normalized spacial score (nSPS) is 17.6. The molecule has 1 aliphatic carbocycles. The predicted octanol–water partition coefficient (Wildman–Crippen LogP) is 3.97. The second-order valence-corrected chi connectivity index (χ2v) is 8.38. The molecule has 0 saturated heterocycles. The van der Waals surface area contributed by atoms with Crippen molar-refractivity contribution in [2.24, 2.45) is 11.7 Å². The number of amides is 2. The van der Waals surface area contributed by atoms with Crippen molar-refractivity contribution in [1.82, 2.24) is 10.3 Å². The molecule has 2 unspecified atom stereocenters. The van der Waals surface area contributed by atoms with Gasteiger partial charge in [0.2, 0.25) is 5.91 Å². The summed E-state index contributed by atoms with van der Waals surface area (Å²) >= 11 is 0. The zero-order chi connectivity index (χ0) is 22.8. The van der Waals surface area contributed by atoms with Crippen LogP contribution >= 0.6 is 0 Å². The number of para-hydroxylation sites is 1.